The number of primary amides is 1. The van der Waals surface area contributed by atoms with Crippen LogP contribution in [0.4, 0.5) is 4.39 Å². The number of carbonyl (C=O) groups excluding carboxylic acids is 2. The molecule has 0 unspecified atom stereocenters. The quantitative estimate of drug-likeness (QED) is 0.210. The lowest BCUT2D eigenvalue weighted by atomic mass is 9.81. The molecule has 222 valence electrons. The number of Topliss-reactive ketones (excluding diaryl/α,β-unsaturated/α-hetero) is 1. The summed E-state index contributed by atoms with van der Waals surface area (Å²) in [4.78, 5) is 39.3. The zero-order chi connectivity index (χ0) is 31.1. The Morgan fingerprint density at radius 2 is 1.84 bits per heavy atom. The predicted molar refractivity (Wildman–Crippen MR) is 161 cm³/mol. The fraction of sp³-hybridized carbons (Fsp3) is 0.206. The lowest BCUT2D eigenvalue weighted by Crippen LogP contribution is -2.40. The van der Waals surface area contributed by atoms with Gasteiger partial charge in [0.05, 0.1) is 5.69 Å². The third kappa shape index (κ3) is 5.35. The van der Waals surface area contributed by atoms with E-state index in [0.29, 0.717) is 50.7 Å². The van der Waals surface area contributed by atoms with Crippen LogP contribution in [0.1, 0.15) is 48.3 Å². The highest BCUT2D eigenvalue weighted by molar-refractivity contribution is 6.01. The summed E-state index contributed by atoms with van der Waals surface area (Å²) in [5.41, 5.74) is 5.54. The molecule has 3 N–H and O–H groups in total. The summed E-state index contributed by atoms with van der Waals surface area (Å²) in [6.45, 7) is 3.22. The first-order valence-corrected chi connectivity index (χ1v) is 14.0. The van der Waals surface area contributed by atoms with Gasteiger partial charge in [-0.05, 0) is 74.9 Å². The van der Waals surface area contributed by atoms with Crippen LogP contribution in [-0.4, -0.2) is 38.4 Å². The van der Waals surface area contributed by atoms with Gasteiger partial charge in [-0.25, -0.2) is 14.4 Å². The SMILES string of the molecule is C[C@](O)(CCC(=O)c1cc(Oc2ccccn2)c2ncccc2c1)c1cc2c(c(-c3ccc(F)cc3)n1)OC[C@]2(C)C(N)=O. The zero-order valence-electron chi connectivity index (χ0n) is 24.1. The topological polar surface area (TPSA) is 138 Å². The molecule has 3 aromatic heterocycles. The molecule has 44 heavy (non-hydrogen) atoms. The van der Waals surface area contributed by atoms with Gasteiger partial charge in [0.1, 0.15) is 40.4 Å². The molecule has 1 aliphatic rings. The standard InChI is InChI=1S/C34H29FN4O5/c1-33(32(36)41)19-43-31-24(33)18-27(39-30(31)20-8-10-23(35)11-9-20)34(2,42)13-12-25(40)22-16-21-6-5-15-38-29(21)26(17-22)44-28-7-3-4-14-37-28/h3-11,14-18,42H,12-13,19H2,1-2H3,(H2,36,41)/t33-,34-/m0/s1. The summed E-state index contributed by atoms with van der Waals surface area (Å²) < 4.78 is 25.6. The minimum absolute atomic E-state index is 0.00263. The van der Waals surface area contributed by atoms with Crippen LogP contribution in [0, 0.1) is 5.82 Å². The number of aromatic nitrogens is 3. The minimum atomic E-state index is -1.59. The Morgan fingerprint density at radius 3 is 2.57 bits per heavy atom. The Balaban J connectivity index is 1.32. The lowest BCUT2D eigenvalue weighted by molar-refractivity contribution is -0.123. The number of pyridine rings is 3. The summed E-state index contributed by atoms with van der Waals surface area (Å²) in [7, 11) is 0. The van der Waals surface area contributed by atoms with E-state index in [4.69, 9.17) is 20.2 Å². The first-order valence-electron chi connectivity index (χ1n) is 14.0. The molecule has 9 nitrogen and oxygen atoms in total. The summed E-state index contributed by atoms with van der Waals surface area (Å²) in [5.74, 6) is -0.160. The van der Waals surface area contributed by atoms with E-state index >= 15 is 0 Å². The van der Waals surface area contributed by atoms with Crippen LogP contribution in [-0.2, 0) is 15.8 Å². The van der Waals surface area contributed by atoms with Crippen LogP contribution >= 0.6 is 0 Å². The fourth-order valence-electron chi connectivity index (χ4n) is 5.21. The number of halogens is 1. The molecule has 0 bridgehead atoms. The number of rotatable bonds is 9. The Kier molecular flexibility index (Phi) is 7.30. The maximum absolute atomic E-state index is 13.7. The molecule has 0 aliphatic carbocycles. The summed E-state index contributed by atoms with van der Waals surface area (Å²) in [5, 5.41) is 12.4. The van der Waals surface area contributed by atoms with Crippen LogP contribution in [0.5, 0.6) is 17.4 Å². The third-order valence-corrected chi connectivity index (χ3v) is 7.97. The molecule has 10 heteroatoms. The van der Waals surface area contributed by atoms with E-state index in [2.05, 4.69) is 9.97 Å². The summed E-state index contributed by atoms with van der Waals surface area (Å²) in [6, 6.07) is 19.5. The molecule has 2 aromatic carbocycles. The minimum Gasteiger partial charge on any atom is -0.489 e. The number of carbonyl (C=O) groups is 2. The van der Waals surface area contributed by atoms with Crippen molar-refractivity contribution in [2.75, 3.05) is 6.61 Å². The van der Waals surface area contributed by atoms with Crippen molar-refractivity contribution in [3.63, 3.8) is 0 Å². The van der Waals surface area contributed by atoms with Gasteiger partial charge in [-0.2, -0.15) is 0 Å². The van der Waals surface area contributed by atoms with Crippen molar-refractivity contribution in [2.45, 2.75) is 37.7 Å². The normalized spacial score (nSPS) is 17.0. The van der Waals surface area contributed by atoms with Crippen molar-refractivity contribution < 1.29 is 28.6 Å². The molecule has 0 radical (unpaired) electrons. The largest absolute Gasteiger partial charge is 0.489 e. The average molecular weight is 593 g/mol. The maximum atomic E-state index is 13.7. The van der Waals surface area contributed by atoms with Gasteiger partial charge in [0.2, 0.25) is 11.8 Å². The van der Waals surface area contributed by atoms with E-state index in [1.165, 1.54) is 12.1 Å². The number of aliphatic hydroxyl groups is 1. The van der Waals surface area contributed by atoms with Crippen molar-refractivity contribution in [2.24, 2.45) is 5.73 Å². The highest BCUT2D eigenvalue weighted by Gasteiger charge is 2.45. The molecule has 1 amide bonds. The third-order valence-electron chi connectivity index (χ3n) is 7.97. The number of hydrogen-bond donors (Lipinski definition) is 2. The van der Waals surface area contributed by atoms with E-state index in [1.807, 2.05) is 6.07 Å². The Morgan fingerprint density at radius 1 is 1.07 bits per heavy atom. The molecule has 0 saturated carbocycles. The van der Waals surface area contributed by atoms with Crippen molar-refractivity contribution in [1.29, 1.82) is 0 Å². The molecule has 0 saturated heterocycles. The Labute approximate surface area is 252 Å². The molecule has 5 aromatic rings. The highest BCUT2D eigenvalue weighted by atomic mass is 19.1. The molecular weight excluding hydrogens is 563 g/mol. The van der Waals surface area contributed by atoms with Crippen LogP contribution in [0.3, 0.4) is 0 Å². The molecular formula is C34H29FN4O5. The van der Waals surface area contributed by atoms with E-state index in [-0.39, 0.29) is 30.9 Å². The van der Waals surface area contributed by atoms with Crippen LogP contribution in [0.15, 0.2) is 85.2 Å². The Hall–Kier alpha value is -5.22. The second-order valence-corrected chi connectivity index (χ2v) is 11.2. The number of amides is 1. The second-order valence-electron chi connectivity index (χ2n) is 11.2. The first-order chi connectivity index (χ1) is 21.0. The number of benzene rings is 2. The van der Waals surface area contributed by atoms with E-state index in [0.717, 1.165) is 0 Å². The van der Waals surface area contributed by atoms with Gasteiger partial charge in [0.25, 0.3) is 0 Å². The van der Waals surface area contributed by atoms with E-state index in [9.17, 15) is 19.1 Å². The van der Waals surface area contributed by atoms with Crippen molar-refractivity contribution in [3.05, 3.63) is 108 Å². The number of nitrogens with zero attached hydrogens (tertiary/aromatic N) is 3. The predicted octanol–water partition coefficient (Wildman–Crippen LogP) is 5.63. The second kappa shape index (κ2) is 11.1. The summed E-state index contributed by atoms with van der Waals surface area (Å²) >= 11 is 0. The zero-order valence-corrected chi connectivity index (χ0v) is 24.1. The van der Waals surface area contributed by atoms with Gasteiger partial charge < -0.3 is 20.3 Å². The summed E-state index contributed by atoms with van der Waals surface area (Å²) in [6.07, 6.45) is 3.23. The van der Waals surface area contributed by atoms with E-state index in [1.54, 1.807) is 80.8 Å². The molecule has 6 rings (SSSR count). The highest BCUT2D eigenvalue weighted by Crippen LogP contribution is 2.46. The number of nitrogens with two attached hydrogens (primary N) is 1. The number of ether oxygens (including phenoxy) is 2. The number of fused-ring (bicyclic) bond motifs is 2. The van der Waals surface area contributed by atoms with Crippen LogP contribution < -0.4 is 15.2 Å². The van der Waals surface area contributed by atoms with Crippen molar-refractivity contribution in [3.8, 4) is 28.6 Å². The molecule has 4 heterocycles. The monoisotopic (exact) mass is 592 g/mol. The lowest BCUT2D eigenvalue weighted by Gasteiger charge is -2.26. The maximum Gasteiger partial charge on any atom is 0.231 e. The van der Waals surface area contributed by atoms with Crippen molar-refractivity contribution in [1.82, 2.24) is 15.0 Å². The van der Waals surface area contributed by atoms with Gasteiger partial charge in [-0.15, -0.1) is 0 Å². The van der Waals surface area contributed by atoms with Gasteiger partial charge >= 0.3 is 0 Å². The van der Waals surface area contributed by atoms with Crippen molar-refractivity contribution >= 4 is 22.6 Å². The smallest absolute Gasteiger partial charge is 0.231 e. The van der Waals surface area contributed by atoms with Gasteiger partial charge in [-0.3, -0.25) is 14.6 Å². The van der Waals surface area contributed by atoms with E-state index < -0.39 is 22.7 Å². The Bertz CT molecular complexity index is 1900. The molecule has 2 atom stereocenters. The molecule has 1 aliphatic heterocycles. The van der Waals surface area contributed by atoms with Crippen LogP contribution in [0.2, 0.25) is 0 Å². The average Bonchev–Trinajstić information content (AvgIpc) is 3.38. The molecule has 0 spiro atoms. The fourth-order valence-corrected chi connectivity index (χ4v) is 5.21. The first kappa shape index (κ1) is 28.9. The molecule has 0 fully saturated rings. The van der Waals surface area contributed by atoms with Crippen LogP contribution in [0.25, 0.3) is 22.2 Å². The van der Waals surface area contributed by atoms with Gasteiger partial charge in [0.15, 0.2) is 11.5 Å². The number of ketones is 1. The van der Waals surface area contributed by atoms with Gasteiger partial charge in [-0.1, -0.05) is 12.1 Å². The number of hydrogen-bond acceptors (Lipinski definition) is 8. The van der Waals surface area contributed by atoms with Gasteiger partial charge in [0, 0.05) is 47.0 Å².